The molecule has 0 rings (SSSR count). The number of hydrogen-bond acceptors (Lipinski definition) is 2. The van der Waals surface area contributed by atoms with E-state index in [-0.39, 0.29) is 12.6 Å². The zero-order valence-corrected chi connectivity index (χ0v) is 11.3. The molecular formula is C12H25F3N2. The first-order valence-corrected chi connectivity index (χ1v) is 6.25. The molecule has 2 unspecified atom stereocenters. The highest BCUT2D eigenvalue weighted by Gasteiger charge is 2.28. The average molecular weight is 254 g/mol. The SMILES string of the molecule is CCCNCC(C)C(C)N(C)CCC(F)(F)F. The van der Waals surface area contributed by atoms with Gasteiger partial charge in [-0.25, -0.2) is 0 Å². The van der Waals surface area contributed by atoms with E-state index < -0.39 is 12.6 Å². The number of halogens is 3. The van der Waals surface area contributed by atoms with Gasteiger partial charge in [0.1, 0.15) is 0 Å². The smallest absolute Gasteiger partial charge is 0.316 e. The summed E-state index contributed by atoms with van der Waals surface area (Å²) in [6.45, 7) is 8.03. The highest BCUT2D eigenvalue weighted by molar-refractivity contribution is 4.73. The fourth-order valence-corrected chi connectivity index (χ4v) is 1.62. The minimum absolute atomic E-state index is 0.0722. The molecule has 0 aliphatic heterocycles. The van der Waals surface area contributed by atoms with E-state index in [9.17, 15) is 13.2 Å². The Balaban J connectivity index is 3.89. The third kappa shape index (κ3) is 8.44. The largest absolute Gasteiger partial charge is 0.390 e. The molecule has 2 atom stereocenters. The molecule has 0 aromatic carbocycles. The van der Waals surface area contributed by atoms with E-state index in [2.05, 4.69) is 19.2 Å². The molecule has 0 aromatic rings. The average Bonchev–Trinajstić information content (AvgIpc) is 2.24. The molecule has 104 valence electrons. The summed E-state index contributed by atoms with van der Waals surface area (Å²) < 4.78 is 36.3. The first-order chi connectivity index (χ1) is 7.78. The Morgan fingerprint density at radius 1 is 1.24 bits per heavy atom. The van der Waals surface area contributed by atoms with Crippen LogP contribution in [0.2, 0.25) is 0 Å². The summed E-state index contributed by atoms with van der Waals surface area (Å²) in [4.78, 5) is 1.78. The van der Waals surface area contributed by atoms with Gasteiger partial charge in [-0.2, -0.15) is 13.2 Å². The van der Waals surface area contributed by atoms with Gasteiger partial charge in [0.05, 0.1) is 6.42 Å². The third-order valence-corrected chi connectivity index (χ3v) is 3.16. The molecule has 0 aliphatic rings. The van der Waals surface area contributed by atoms with E-state index in [1.807, 2.05) is 6.92 Å². The van der Waals surface area contributed by atoms with Gasteiger partial charge in [-0.3, -0.25) is 0 Å². The molecule has 0 bridgehead atoms. The highest BCUT2D eigenvalue weighted by atomic mass is 19.4. The molecule has 0 radical (unpaired) electrons. The van der Waals surface area contributed by atoms with Gasteiger partial charge in [-0.05, 0) is 39.4 Å². The van der Waals surface area contributed by atoms with Crippen LogP contribution in [-0.2, 0) is 0 Å². The molecule has 0 fully saturated rings. The minimum Gasteiger partial charge on any atom is -0.316 e. The predicted octanol–water partition coefficient (Wildman–Crippen LogP) is 2.89. The maximum Gasteiger partial charge on any atom is 0.390 e. The van der Waals surface area contributed by atoms with Crippen molar-refractivity contribution in [2.75, 3.05) is 26.7 Å². The van der Waals surface area contributed by atoms with Crippen molar-refractivity contribution in [3.63, 3.8) is 0 Å². The lowest BCUT2D eigenvalue weighted by atomic mass is 10.0. The summed E-state index contributed by atoms with van der Waals surface area (Å²) in [6.07, 6.45) is -3.72. The molecule has 0 aromatic heterocycles. The van der Waals surface area contributed by atoms with E-state index in [4.69, 9.17) is 0 Å². The second-order valence-corrected chi connectivity index (χ2v) is 4.77. The van der Waals surface area contributed by atoms with E-state index in [0.29, 0.717) is 5.92 Å². The summed E-state index contributed by atoms with van der Waals surface area (Å²) in [5.74, 6) is 0.347. The maximum absolute atomic E-state index is 12.1. The van der Waals surface area contributed by atoms with Gasteiger partial charge in [0, 0.05) is 12.6 Å². The fourth-order valence-electron chi connectivity index (χ4n) is 1.62. The van der Waals surface area contributed by atoms with Crippen LogP contribution in [0.25, 0.3) is 0 Å². The van der Waals surface area contributed by atoms with Crippen LogP contribution in [0.3, 0.4) is 0 Å². The number of rotatable bonds is 8. The standard InChI is InChI=1S/C12H25F3N2/c1-5-7-16-9-10(2)11(3)17(4)8-6-12(13,14)15/h10-11,16H,5-9H2,1-4H3. The van der Waals surface area contributed by atoms with Gasteiger partial charge in [0.15, 0.2) is 0 Å². The second-order valence-electron chi connectivity index (χ2n) is 4.77. The summed E-state index contributed by atoms with van der Waals surface area (Å²) in [5.41, 5.74) is 0. The van der Waals surface area contributed by atoms with Crippen LogP contribution in [-0.4, -0.2) is 43.8 Å². The Hall–Kier alpha value is -0.290. The second kappa shape index (κ2) is 7.93. The van der Waals surface area contributed by atoms with Crippen LogP contribution in [0, 0.1) is 5.92 Å². The fraction of sp³-hybridized carbons (Fsp3) is 1.00. The highest BCUT2D eigenvalue weighted by Crippen LogP contribution is 2.20. The Bertz CT molecular complexity index is 195. The van der Waals surface area contributed by atoms with Crippen molar-refractivity contribution < 1.29 is 13.2 Å². The minimum atomic E-state index is -4.06. The molecule has 0 amide bonds. The lowest BCUT2D eigenvalue weighted by Crippen LogP contribution is -2.40. The molecule has 5 heteroatoms. The van der Waals surface area contributed by atoms with Crippen LogP contribution in [0.1, 0.15) is 33.6 Å². The molecule has 2 nitrogen and oxygen atoms in total. The van der Waals surface area contributed by atoms with Gasteiger partial charge < -0.3 is 10.2 Å². The number of nitrogens with one attached hydrogen (secondary N) is 1. The topological polar surface area (TPSA) is 15.3 Å². The maximum atomic E-state index is 12.1. The van der Waals surface area contributed by atoms with Crippen molar-refractivity contribution in [2.45, 2.75) is 45.8 Å². The normalized spacial score (nSPS) is 16.2. The zero-order chi connectivity index (χ0) is 13.5. The van der Waals surface area contributed by atoms with Crippen molar-refractivity contribution in [3.8, 4) is 0 Å². The molecular weight excluding hydrogens is 229 g/mol. The molecule has 17 heavy (non-hydrogen) atoms. The van der Waals surface area contributed by atoms with Gasteiger partial charge in [0.2, 0.25) is 0 Å². The summed E-state index contributed by atoms with van der Waals surface area (Å²) in [7, 11) is 1.76. The molecule has 1 N–H and O–H groups in total. The van der Waals surface area contributed by atoms with Gasteiger partial charge >= 0.3 is 6.18 Å². The zero-order valence-electron chi connectivity index (χ0n) is 11.3. The van der Waals surface area contributed by atoms with Crippen molar-refractivity contribution in [1.82, 2.24) is 10.2 Å². The lowest BCUT2D eigenvalue weighted by Gasteiger charge is -2.30. The molecule has 0 aliphatic carbocycles. The van der Waals surface area contributed by atoms with E-state index in [0.717, 1.165) is 19.5 Å². The van der Waals surface area contributed by atoms with Crippen molar-refractivity contribution in [1.29, 1.82) is 0 Å². The number of nitrogens with zero attached hydrogens (tertiary/aromatic N) is 1. The lowest BCUT2D eigenvalue weighted by molar-refractivity contribution is -0.138. The Morgan fingerprint density at radius 2 is 1.82 bits per heavy atom. The van der Waals surface area contributed by atoms with Crippen LogP contribution in [0.15, 0.2) is 0 Å². The van der Waals surface area contributed by atoms with Crippen LogP contribution < -0.4 is 5.32 Å². The quantitative estimate of drug-likeness (QED) is 0.670. The first-order valence-electron chi connectivity index (χ1n) is 6.25. The third-order valence-electron chi connectivity index (χ3n) is 3.16. The van der Waals surface area contributed by atoms with E-state index in [1.165, 1.54) is 0 Å². The van der Waals surface area contributed by atoms with Gasteiger partial charge in [-0.15, -0.1) is 0 Å². The van der Waals surface area contributed by atoms with Crippen LogP contribution in [0.4, 0.5) is 13.2 Å². The molecule has 0 saturated carbocycles. The van der Waals surface area contributed by atoms with Crippen LogP contribution in [0.5, 0.6) is 0 Å². The van der Waals surface area contributed by atoms with Crippen molar-refractivity contribution in [2.24, 2.45) is 5.92 Å². The van der Waals surface area contributed by atoms with Crippen LogP contribution >= 0.6 is 0 Å². The van der Waals surface area contributed by atoms with Crippen molar-refractivity contribution in [3.05, 3.63) is 0 Å². The van der Waals surface area contributed by atoms with E-state index >= 15 is 0 Å². The first kappa shape index (κ1) is 16.7. The Labute approximate surface area is 103 Å². The molecule has 0 saturated heterocycles. The Morgan fingerprint density at radius 3 is 2.29 bits per heavy atom. The number of alkyl halides is 3. The predicted molar refractivity (Wildman–Crippen MR) is 65.1 cm³/mol. The monoisotopic (exact) mass is 254 g/mol. The van der Waals surface area contributed by atoms with Crippen molar-refractivity contribution >= 4 is 0 Å². The van der Waals surface area contributed by atoms with E-state index in [1.54, 1.807) is 11.9 Å². The summed E-state index contributed by atoms with van der Waals surface area (Å²) in [6, 6.07) is 0.154. The molecule has 0 spiro atoms. The number of hydrogen-bond donors (Lipinski definition) is 1. The van der Waals surface area contributed by atoms with Gasteiger partial charge in [0.25, 0.3) is 0 Å². The summed E-state index contributed by atoms with van der Waals surface area (Å²) in [5, 5.41) is 3.29. The van der Waals surface area contributed by atoms with Gasteiger partial charge in [-0.1, -0.05) is 13.8 Å². The summed E-state index contributed by atoms with van der Waals surface area (Å²) >= 11 is 0. The molecule has 0 heterocycles. The Kier molecular flexibility index (Phi) is 7.79.